The van der Waals surface area contributed by atoms with Crippen molar-refractivity contribution in [2.24, 2.45) is 0 Å². The van der Waals surface area contributed by atoms with Crippen molar-refractivity contribution < 1.29 is 13.9 Å². The Morgan fingerprint density at radius 2 is 1.83 bits per heavy atom. The Bertz CT molecular complexity index is 295. The Kier molecular flexibility index (Phi) is 2.31. The lowest BCUT2D eigenvalue weighted by Crippen LogP contribution is -1.93. The molecule has 0 unspecified atom stereocenters. The number of phenolic OH excluding ortho intramolecular Hbond substituents is 1. The first-order chi connectivity index (χ1) is 5.54. The summed E-state index contributed by atoms with van der Waals surface area (Å²) >= 11 is 0. The van der Waals surface area contributed by atoms with Crippen LogP contribution >= 0.6 is 0 Å². The summed E-state index contributed by atoms with van der Waals surface area (Å²) in [5.74, 6) is -2.77. The molecule has 1 aromatic carbocycles. The fourth-order valence-electron chi connectivity index (χ4n) is 1.02. The normalized spacial score (nSPS) is 10.8. The summed E-state index contributed by atoms with van der Waals surface area (Å²) < 4.78 is 25.2. The van der Waals surface area contributed by atoms with Crippen molar-refractivity contribution in [3.63, 3.8) is 0 Å². The van der Waals surface area contributed by atoms with Crippen molar-refractivity contribution in [2.45, 2.75) is 19.8 Å². The van der Waals surface area contributed by atoms with E-state index in [0.29, 0.717) is 5.56 Å². The van der Waals surface area contributed by atoms with Crippen molar-refractivity contribution >= 4 is 0 Å². The second kappa shape index (κ2) is 3.09. The summed E-state index contributed by atoms with van der Waals surface area (Å²) in [4.78, 5) is 0. The van der Waals surface area contributed by atoms with Gasteiger partial charge in [0.05, 0.1) is 0 Å². The van der Waals surface area contributed by atoms with Gasteiger partial charge in [0, 0.05) is 0 Å². The van der Waals surface area contributed by atoms with E-state index >= 15 is 0 Å². The molecule has 0 spiro atoms. The van der Waals surface area contributed by atoms with Crippen LogP contribution in [0.15, 0.2) is 12.1 Å². The molecule has 0 fully saturated rings. The van der Waals surface area contributed by atoms with Crippen LogP contribution in [0.1, 0.15) is 25.3 Å². The molecule has 0 aliphatic carbocycles. The maximum absolute atomic E-state index is 12.7. The number of hydrogen-bond acceptors (Lipinski definition) is 1. The van der Waals surface area contributed by atoms with E-state index in [9.17, 15) is 8.78 Å². The second-order valence-corrected chi connectivity index (χ2v) is 2.95. The van der Waals surface area contributed by atoms with Crippen LogP contribution in [0, 0.1) is 11.6 Å². The van der Waals surface area contributed by atoms with E-state index in [0.717, 1.165) is 6.07 Å². The molecule has 0 saturated heterocycles. The van der Waals surface area contributed by atoms with Crippen LogP contribution in [0.25, 0.3) is 0 Å². The van der Waals surface area contributed by atoms with Gasteiger partial charge in [-0.1, -0.05) is 19.9 Å². The number of phenols is 1. The quantitative estimate of drug-likeness (QED) is 0.690. The third-order valence-electron chi connectivity index (χ3n) is 1.72. The van der Waals surface area contributed by atoms with Crippen LogP contribution in [0.2, 0.25) is 0 Å². The van der Waals surface area contributed by atoms with Gasteiger partial charge in [-0.3, -0.25) is 0 Å². The third kappa shape index (κ3) is 1.40. The topological polar surface area (TPSA) is 20.2 Å². The van der Waals surface area contributed by atoms with Gasteiger partial charge in [-0.05, 0) is 17.5 Å². The molecule has 0 aliphatic rings. The van der Waals surface area contributed by atoms with E-state index in [4.69, 9.17) is 5.11 Å². The van der Waals surface area contributed by atoms with Crippen LogP contribution in [0.5, 0.6) is 5.75 Å². The highest BCUT2D eigenvalue weighted by molar-refractivity contribution is 5.36. The molecule has 1 rings (SSSR count). The molecule has 12 heavy (non-hydrogen) atoms. The van der Waals surface area contributed by atoms with E-state index < -0.39 is 17.4 Å². The van der Waals surface area contributed by atoms with Gasteiger partial charge in [0.25, 0.3) is 0 Å². The van der Waals surface area contributed by atoms with Crippen molar-refractivity contribution in [1.29, 1.82) is 0 Å². The van der Waals surface area contributed by atoms with E-state index in [2.05, 4.69) is 0 Å². The Labute approximate surface area is 69.7 Å². The minimum atomic E-state index is -1.17. The van der Waals surface area contributed by atoms with E-state index in [1.807, 2.05) is 0 Å². The van der Waals surface area contributed by atoms with Crippen LogP contribution in [-0.4, -0.2) is 5.11 Å². The first kappa shape index (κ1) is 8.97. The highest BCUT2D eigenvalue weighted by atomic mass is 19.2. The first-order valence-corrected chi connectivity index (χ1v) is 3.71. The number of aromatic hydroxyl groups is 1. The third-order valence-corrected chi connectivity index (χ3v) is 1.72. The Morgan fingerprint density at radius 3 is 2.33 bits per heavy atom. The van der Waals surface area contributed by atoms with Gasteiger partial charge in [-0.15, -0.1) is 0 Å². The largest absolute Gasteiger partial charge is 0.505 e. The predicted octanol–water partition coefficient (Wildman–Crippen LogP) is 2.79. The minimum absolute atomic E-state index is 0.0138. The molecule has 1 N–H and O–H groups in total. The molecule has 0 atom stereocenters. The molecule has 0 amide bonds. The molecule has 0 radical (unpaired) electrons. The summed E-state index contributed by atoms with van der Waals surface area (Å²) in [7, 11) is 0. The van der Waals surface area contributed by atoms with Crippen molar-refractivity contribution in [3.05, 3.63) is 29.3 Å². The lowest BCUT2D eigenvalue weighted by atomic mass is 10.0. The average Bonchev–Trinajstić information content (AvgIpc) is 2.00. The van der Waals surface area contributed by atoms with Gasteiger partial charge < -0.3 is 5.11 Å². The number of benzene rings is 1. The molecular formula is C9H10F2O. The zero-order valence-electron chi connectivity index (χ0n) is 6.94. The summed E-state index contributed by atoms with van der Waals surface area (Å²) in [6, 6.07) is 2.41. The smallest absolute Gasteiger partial charge is 0.200 e. The molecule has 0 bridgehead atoms. The van der Waals surface area contributed by atoms with Crippen LogP contribution < -0.4 is 0 Å². The summed E-state index contributed by atoms with van der Waals surface area (Å²) in [5, 5.41) is 9.13. The SMILES string of the molecule is CC(C)c1ccc(F)c(F)c1O. The molecule has 66 valence electrons. The standard InChI is InChI=1S/C9H10F2O/c1-5(2)6-3-4-7(10)8(11)9(6)12/h3-5,12H,1-2H3. The van der Waals surface area contributed by atoms with Crippen LogP contribution in [0.4, 0.5) is 8.78 Å². The molecule has 0 aliphatic heterocycles. The second-order valence-electron chi connectivity index (χ2n) is 2.95. The van der Waals surface area contributed by atoms with Gasteiger partial charge in [0.2, 0.25) is 5.82 Å². The minimum Gasteiger partial charge on any atom is -0.505 e. The molecule has 0 heterocycles. The lowest BCUT2D eigenvalue weighted by molar-refractivity contribution is 0.399. The monoisotopic (exact) mass is 172 g/mol. The number of halogens is 2. The molecule has 1 nitrogen and oxygen atoms in total. The maximum Gasteiger partial charge on any atom is 0.200 e. The zero-order valence-corrected chi connectivity index (χ0v) is 6.94. The first-order valence-electron chi connectivity index (χ1n) is 3.71. The Hall–Kier alpha value is -1.12. The molecular weight excluding hydrogens is 162 g/mol. The van der Waals surface area contributed by atoms with Crippen LogP contribution in [0.3, 0.4) is 0 Å². The van der Waals surface area contributed by atoms with Crippen molar-refractivity contribution in [2.75, 3.05) is 0 Å². The van der Waals surface area contributed by atoms with Crippen molar-refractivity contribution in [3.8, 4) is 5.75 Å². The van der Waals surface area contributed by atoms with E-state index in [1.54, 1.807) is 13.8 Å². The average molecular weight is 172 g/mol. The van der Waals surface area contributed by atoms with E-state index in [-0.39, 0.29) is 5.92 Å². The fraction of sp³-hybridized carbons (Fsp3) is 0.333. The summed E-state index contributed by atoms with van der Waals surface area (Å²) in [6.07, 6.45) is 0. The highest BCUT2D eigenvalue weighted by Gasteiger charge is 2.13. The lowest BCUT2D eigenvalue weighted by Gasteiger charge is -2.08. The molecule has 1 aromatic rings. The van der Waals surface area contributed by atoms with Gasteiger partial charge in [-0.25, -0.2) is 4.39 Å². The van der Waals surface area contributed by atoms with E-state index in [1.165, 1.54) is 6.07 Å². The Balaban J connectivity index is 3.27. The molecule has 0 saturated carbocycles. The fourth-order valence-corrected chi connectivity index (χ4v) is 1.02. The number of hydrogen-bond donors (Lipinski definition) is 1. The summed E-state index contributed by atoms with van der Waals surface area (Å²) in [5.41, 5.74) is 0.425. The van der Waals surface area contributed by atoms with Gasteiger partial charge >= 0.3 is 0 Å². The van der Waals surface area contributed by atoms with Gasteiger partial charge in [-0.2, -0.15) is 4.39 Å². The number of rotatable bonds is 1. The zero-order chi connectivity index (χ0) is 9.30. The maximum atomic E-state index is 12.7. The summed E-state index contributed by atoms with van der Waals surface area (Å²) in [6.45, 7) is 3.60. The predicted molar refractivity (Wildman–Crippen MR) is 42.1 cm³/mol. The molecule has 0 aromatic heterocycles. The van der Waals surface area contributed by atoms with Gasteiger partial charge in [0.1, 0.15) is 0 Å². The Morgan fingerprint density at radius 1 is 1.25 bits per heavy atom. The van der Waals surface area contributed by atoms with Gasteiger partial charge in [0.15, 0.2) is 11.6 Å². The van der Waals surface area contributed by atoms with Crippen LogP contribution in [-0.2, 0) is 0 Å². The molecule has 3 heteroatoms. The highest BCUT2D eigenvalue weighted by Crippen LogP contribution is 2.29. The van der Waals surface area contributed by atoms with Crippen molar-refractivity contribution in [1.82, 2.24) is 0 Å².